The van der Waals surface area contributed by atoms with Crippen molar-refractivity contribution >= 4 is 28.1 Å². The molecule has 0 N–H and O–H groups in total. The minimum atomic E-state index is -0.351. The Kier molecular flexibility index (Phi) is 3.16. The largest absolute Gasteiger partial charge is 0.275 e. The van der Waals surface area contributed by atoms with Crippen LogP contribution >= 0.6 is 11.3 Å². The second-order valence-corrected chi connectivity index (χ2v) is 8.09. The number of aromatic nitrogens is 2. The Morgan fingerprint density at radius 3 is 2.67 bits per heavy atom. The highest BCUT2D eigenvalue weighted by Gasteiger charge is 2.44. The number of halogens is 1. The summed E-state index contributed by atoms with van der Waals surface area (Å²) in [5.74, 6) is -0.351. The van der Waals surface area contributed by atoms with E-state index >= 15 is 0 Å². The van der Waals surface area contributed by atoms with Crippen molar-refractivity contribution in [2.24, 2.45) is 4.99 Å². The van der Waals surface area contributed by atoms with E-state index in [4.69, 9.17) is 4.99 Å². The molecule has 1 aromatic carbocycles. The molecule has 5 heteroatoms. The van der Waals surface area contributed by atoms with E-state index in [0.717, 1.165) is 10.6 Å². The van der Waals surface area contributed by atoms with E-state index in [0.29, 0.717) is 16.7 Å². The molecule has 0 radical (unpaired) electrons. The highest BCUT2D eigenvalue weighted by Crippen LogP contribution is 2.45. The molecule has 24 heavy (non-hydrogen) atoms. The molecule has 0 unspecified atom stereocenters. The smallest absolute Gasteiger partial charge is 0.151 e. The van der Waals surface area contributed by atoms with Gasteiger partial charge in [-0.3, -0.25) is 4.99 Å². The van der Waals surface area contributed by atoms with Crippen LogP contribution in [0.5, 0.6) is 0 Å². The average Bonchev–Trinajstić information content (AvgIpc) is 3.02. The molecule has 0 bridgehead atoms. The van der Waals surface area contributed by atoms with E-state index in [9.17, 15) is 4.39 Å². The lowest BCUT2D eigenvalue weighted by Gasteiger charge is -2.42. The quantitative estimate of drug-likeness (QED) is 0.642. The number of thiophene rings is 1. The molecule has 2 aromatic heterocycles. The molecule has 3 heterocycles. The van der Waals surface area contributed by atoms with E-state index < -0.39 is 0 Å². The van der Waals surface area contributed by atoms with Crippen molar-refractivity contribution in [3.63, 3.8) is 0 Å². The molecule has 1 aliphatic heterocycles. The molecule has 0 aliphatic carbocycles. The Hall–Kier alpha value is -2.14. The van der Waals surface area contributed by atoms with Crippen molar-refractivity contribution in [1.29, 1.82) is 0 Å². The predicted molar refractivity (Wildman–Crippen MR) is 96.6 cm³/mol. The van der Waals surface area contributed by atoms with Gasteiger partial charge in [-0.25, -0.2) is 14.4 Å². The summed E-state index contributed by atoms with van der Waals surface area (Å²) < 4.78 is 13.8. The summed E-state index contributed by atoms with van der Waals surface area (Å²) >= 11 is 1.67. The Labute approximate surface area is 144 Å². The molecule has 0 saturated carbocycles. The summed E-state index contributed by atoms with van der Waals surface area (Å²) in [5, 5.41) is 2.09. The molecular formula is C19H18FN3S. The minimum Gasteiger partial charge on any atom is -0.275 e. The maximum Gasteiger partial charge on any atom is 0.151 e. The van der Waals surface area contributed by atoms with Crippen molar-refractivity contribution in [3.8, 4) is 0 Å². The third-order valence-electron chi connectivity index (χ3n) is 5.24. The topological polar surface area (TPSA) is 38.1 Å². The molecule has 0 saturated heterocycles. The van der Waals surface area contributed by atoms with E-state index in [-0.39, 0.29) is 16.8 Å². The van der Waals surface area contributed by atoms with Gasteiger partial charge in [-0.2, -0.15) is 0 Å². The number of fused-ring (bicyclic) bond motifs is 2. The summed E-state index contributed by atoms with van der Waals surface area (Å²) in [6.45, 7) is 8.73. The lowest BCUT2D eigenvalue weighted by atomic mass is 9.68. The maximum atomic E-state index is 13.8. The first-order valence-corrected chi connectivity index (χ1v) is 8.79. The highest BCUT2D eigenvalue weighted by molar-refractivity contribution is 7.12. The van der Waals surface area contributed by atoms with Crippen molar-refractivity contribution < 1.29 is 4.39 Å². The van der Waals surface area contributed by atoms with E-state index in [1.165, 1.54) is 11.6 Å². The van der Waals surface area contributed by atoms with Crippen LogP contribution in [0.15, 0.2) is 40.8 Å². The van der Waals surface area contributed by atoms with Crippen molar-refractivity contribution in [1.82, 2.24) is 9.97 Å². The molecule has 0 atom stereocenters. The van der Waals surface area contributed by atoms with Crippen LogP contribution in [0.3, 0.4) is 0 Å². The lowest BCUT2D eigenvalue weighted by molar-refractivity contribution is 0.305. The van der Waals surface area contributed by atoms with Gasteiger partial charge in [0.25, 0.3) is 0 Å². The fraction of sp³-hybridized carbons (Fsp3) is 0.316. The molecule has 4 rings (SSSR count). The summed E-state index contributed by atoms with van der Waals surface area (Å²) in [6.07, 6.45) is 1.63. The fourth-order valence-electron chi connectivity index (χ4n) is 3.08. The SMILES string of the molecule is CC1(C)N=C(c2cnc3c(F)cccc3n2)c2sccc2C1(C)C. The van der Waals surface area contributed by atoms with Crippen molar-refractivity contribution in [2.45, 2.75) is 38.6 Å². The molecular weight excluding hydrogens is 321 g/mol. The number of benzene rings is 1. The van der Waals surface area contributed by atoms with Crippen LogP contribution in [-0.4, -0.2) is 21.2 Å². The van der Waals surface area contributed by atoms with Crippen LogP contribution in [0.2, 0.25) is 0 Å². The van der Waals surface area contributed by atoms with Crippen LogP contribution in [0, 0.1) is 5.82 Å². The highest BCUT2D eigenvalue weighted by atomic mass is 32.1. The Balaban J connectivity index is 1.95. The first-order chi connectivity index (χ1) is 11.3. The number of aliphatic imine (C=N–C) groups is 1. The first-order valence-electron chi connectivity index (χ1n) is 7.91. The van der Waals surface area contributed by atoms with Gasteiger partial charge < -0.3 is 0 Å². The van der Waals surface area contributed by atoms with E-state index in [1.807, 2.05) is 0 Å². The van der Waals surface area contributed by atoms with Crippen molar-refractivity contribution in [3.05, 3.63) is 57.8 Å². The zero-order valence-corrected chi connectivity index (χ0v) is 14.9. The number of para-hydroxylation sites is 1. The summed E-state index contributed by atoms with van der Waals surface area (Å²) in [6, 6.07) is 7.01. The van der Waals surface area contributed by atoms with Gasteiger partial charge in [0.15, 0.2) is 5.82 Å². The minimum absolute atomic E-state index is 0.0672. The van der Waals surface area contributed by atoms with Gasteiger partial charge in [0.2, 0.25) is 0 Å². The zero-order valence-electron chi connectivity index (χ0n) is 14.1. The summed E-state index contributed by atoms with van der Waals surface area (Å²) in [5.41, 5.74) is 3.34. The Bertz CT molecular complexity index is 985. The van der Waals surface area contributed by atoms with Crippen LogP contribution in [0.1, 0.15) is 43.8 Å². The first kappa shape index (κ1) is 15.4. The van der Waals surface area contributed by atoms with Gasteiger partial charge in [0.05, 0.1) is 22.1 Å². The molecule has 0 fully saturated rings. The van der Waals surface area contributed by atoms with E-state index in [1.54, 1.807) is 29.7 Å². The third-order valence-corrected chi connectivity index (χ3v) is 6.16. The fourth-order valence-corrected chi connectivity index (χ4v) is 4.13. The van der Waals surface area contributed by atoms with Gasteiger partial charge in [-0.1, -0.05) is 19.9 Å². The maximum absolute atomic E-state index is 13.8. The number of nitrogens with zero attached hydrogens (tertiary/aromatic N) is 3. The number of rotatable bonds is 1. The average molecular weight is 339 g/mol. The van der Waals surface area contributed by atoms with Gasteiger partial charge in [-0.15, -0.1) is 11.3 Å². The normalized spacial score (nSPS) is 18.3. The monoisotopic (exact) mass is 339 g/mol. The molecule has 0 spiro atoms. The number of hydrogen-bond donors (Lipinski definition) is 0. The number of hydrogen-bond acceptors (Lipinski definition) is 4. The van der Waals surface area contributed by atoms with Gasteiger partial charge >= 0.3 is 0 Å². The molecule has 122 valence electrons. The van der Waals surface area contributed by atoms with Crippen LogP contribution in [-0.2, 0) is 5.41 Å². The summed E-state index contributed by atoms with van der Waals surface area (Å²) in [4.78, 5) is 15.0. The predicted octanol–water partition coefficient (Wildman–Crippen LogP) is 4.74. The Morgan fingerprint density at radius 1 is 1.08 bits per heavy atom. The standard InChI is InChI=1S/C19H18FN3S/c1-18(2)11-8-9-24-17(11)16(23-19(18,3)4)14-10-21-15-12(20)6-5-7-13(15)22-14/h5-10H,1-4H3. The van der Waals surface area contributed by atoms with Crippen LogP contribution in [0.4, 0.5) is 4.39 Å². The molecule has 3 nitrogen and oxygen atoms in total. The van der Waals surface area contributed by atoms with E-state index in [2.05, 4.69) is 49.1 Å². The second kappa shape index (κ2) is 4.93. The zero-order chi connectivity index (χ0) is 17.1. The Morgan fingerprint density at radius 2 is 1.88 bits per heavy atom. The summed E-state index contributed by atoms with van der Waals surface area (Å²) in [7, 11) is 0. The van der Waals surface area contributed by atoms with Gasteiger partial charge in [0, 0.05) is 5.41 Å². The van der Waals surface area contributed by atoms with Crippen LogP contribution in [0.25, 0.3) is 11.0 Å². The molecule has 3 aromatic rings. The second-order valence-electron chi connectivity index (χ2n) is 7.17. The third kappa shape index (κ3) is 2.04. The molecule has 1 aliphatic rings. The van der Waals surface area contributed by atoms with Gasteiger partial charge in [0.1, 0.15) is 16.9 Å². The molecule has 0 amide bonds. The van der Waals surface area contributed by atoms with Crippen molar-refractivity contribution in [2.75, 3.05) is 0 Å². The van der Waals surface area contributed by atoms with Gasteiger partial charge in [-0.05, 0) is 43.0 Å². The van der Waals surface area contributed by atoms with Crippen LogP contribution < -0.4 is 0 Å². The lowest BCUT2D eigenvalue weighted by Crippen LogP contribution is -2.45.